The van der Waals surface area contributed by atoms with E-state index < -0.39 is 23.3 Å². The number of hydrogen-bond acceptors (Lipinski definition) is 4. The van der Waals surface area contributed by atoms with Gasteiger partial charge in [-0.3, -0.25) is 4.79 Å². The highest BCUT2D eigenvalue weighted by Crippen LogP contribution is 2.59. The summed E-state index contributed by atoms with van der Waals surface area (Å²) in [4.78, 5) is 22.3. The minimum Gasteiger partial charge on any atom is -0.481 e. The monoisotopic (exact) mass is 237 g/mol. The van der Waals surface area contributed by atoms with Crippen LogP contribution in [0.5, 0.6) is 0 Å². The maximum Gasteiger partial charge on any atom is 0.348 e. The van der Waals surface area contributed by atoms with Gasteiger partial charge in [-0.25, -0.2) is 4.79 Å². The molecule has 1 saturated carbocycles. The molecule has 0 aromatic rings. The molecule has 0 aliphatic heterocycles. The topological polar surface area (TPSA) is 87.4 Å². The van der Waals surface area contributed by atoms with Gasteiger partial charge in [0.25, 0.3) is 0 Å². The lowest BCUT2D eigenvalue weighted by atomic mass is 10.1. The zero-order chi connectivity index (χ0) is 13.2. The van der Waals surface area contributed by atoms with Crippen LogP contribution in [0.1, 0.15) is 20.8 Å². The largest absolute Gasteiger partial charge is 0.481 e. The van der Waals surface area contributed by atoms with Gasteiger partial charge in [-0.2, -0.15) is 5.26 Å². The van der Waals surface area contributed by atoms with Crippen molar-refractivity contribution in [3.63, 3.8) is 0 Å². The van der Waals surface area contributed by atoms with E-state index in [1.165, 1.54) is 6.08 Å². The second-order valence-corrected chi connectivity index (χ2v) is 4.58. The molecule has 92 valence electrons. The Kier molecular flexibility index (Phi) is 3.56. The third-order valence-corrected chi connectivity index (χ3v) is 3.14. The van der Waals surface area contributed by atoms with E-state index in [0.29, 0.717) is 0 Å². The summed E-state index contributed by atoms with van der Waals surface area (Å²) in [5.74, 6) is -2.43. The predicted octanol–water partition coefficient (Wildman–Crippen LogP) is 1.36. The first-order chi connectivity index (χ1) is 7.86. The number of hydrogen-bond donors (Lipinski definition) is 1. The van der Waals surface area contributed by atoms with Crippen LogP contribution in [-0.4, -0.2) is 23.7 Å². The lowest BCUT2D eigenvalue weighted by Crippen LogP contribution is -2.07. The van der Waals surface area contributed by atoms with Gasteiger partial charge in [-0.1, -0.05) is 19.9 Å². The Labute approximate surface area is 99.7 Å². The smallest absolute Gasteiger partial charge is 0.348 e. The molecule has 17 heavy (non-hydrogen) atoms. The normalized spacial score (nSPS) is 25.9. The van der Waals surface area contributed by atoms with Crippen molar-refractivity contribution in [2.24, 2.45) is 17.3 Å². The van der Waals surface area contributed by atoms with Gasteiger partial charge < -0.3 is 9.84 Å². The number of ether oxygens (including phenoxy) is 1. The molecule has 5 heteroatoms. The van der Waals surface area contributed by atoms with Gasteiger partial charge in [-0.15, -0.1) is 0 Å². The Balaban J connectivity index is 2.86. The first kappa shape index (κ1) is 13.2. The number of nitriles is 1. The SMILES string of the molecule is CCOC(=O)C(C#N)=CC1[C@@H](C(=O)O)C1(C)C. The Morgan fingerprint density at radius 2 is 2.12 bits per heavy atom. The molecule has 0 amide bonds. The maximum atomic E-state index is 11.4. The van der Waals surface area contributed by atoms with E-state index in [-0.39, 0.29) is 18.1 Å². The van der Waals surface area contributed by atoms with Crippen LogP contribution in [0, 0.1) is 28.6 Å². The van der Waals surface area contributed by atoms with Crippen LogP contribution in [0.3, 0.4) is 0 Å². The number of rotatable bonds is 4. The Morgan fingerprint density at radius 3 is 2.47 bits per heavy atom. The van der Waals surface area contributed by atoms with Crippen molar-refractivity contribution in [3.05, 3.63) is 11.6 Å². The van der Waals surface area contributed by atoms with Crippen molar-refractivity contribution in [3.8, 4) is 6.07 Å². The van der Waals surface area contributed by atoms with E-state index in [1.54, 1.807) is 26.8 Å². The molecule has 1 aliphatic rings. The van der Waals surface area contributed by atoms with Gasteiger partial charge in [0.15, 0.2) is 0 Å². The van der Waals surface area contributed by atoms with E-state index in [4.69, 9.17) is 15.1 Å². The molecule has 1 N–H and O–H groups in total. The number of aliphatic carboxylic acids is 1. The molecule has 1 fully saturated rings. The number of allylic oxidation sites excluding steroid dienone is 1. The Hall–Kier alpha value is -1.83. The summed E-state index contributed by atoms with van der Waals surface area (Å²) < 4.78 is 4.71. The summed E-state index contributed by atoms with van der Waals surface area (Å²) >= 11 is 0. The molecule has 0 spiro atoms. The van der Waals surface area contributed by atoms with Crippen molar-refractivity contribution in [1.29, 1.82) is 5.26 Å². The molecule has 0 saturated heterocycles. The van der Waals surface area contributed by atoms with E-state index in [0.717, 1.165) is 0 Å². The molecule has 5 nitrogen and oxygen atoms in total. The fraction of sp³-hybridized carbons (Fsp3) is 0.583. The zero-order valence-corrected chi connectivity index (χ0v) is 10.1. The third-order valence-electron chi connectivity index (χ3n) is 3.14. The molecule has 0 radical (unpaired) electrons. The van der Waals surface area contributed by atoms with Crippen molar-refractivity contribution >= 4 is 11.9 Å². The van der Waals surface area contributed by atoms with Crippen LogP contribution < -0.4 is 0 Å². The van der Waals surface area contributed by atoms with Crippen LogP contribution in [0.4, 0.5) is 0 Å². The molecule has 0 aromatic heterocycles. The van der Waals surface area contributed by atoms with Crippen LogP contribution in [0.25, 0.3) is 0 Å². The van der Waals surface area contributed by atoms with Crippen LogP contribution >= 0.6 is 0 Å². The lowest BCUT2D eigenvalue weighted by Gasteiger charge is -2.00. The molecular weight excluding hydrogens is 222 g/mol. The van der Waals surface area contributed by atoms with Gasteiger partial charge in [-0.05, 0) is 18.3 Å². The molecule has 1 rings (SSSR count). The molecule has 2 atom stereocenters. The first-order valence-electron chi connectivity index (χ1n) is 5.38. The van der Waals surface area contributed by atoms with Crippen molar-refractivity contribution in [1.82, 2.24) is 0 Å². The van der Waals surface area contributed by atoms with Crippen LogP contribution in [0.2, 0.25) is 0 Å². The van der Waals surface area contributed by atoms with Crippen molar-refractivity contribution in [2.45, 2.75) is 20.8 Å². The zero-order valence-electron chi connectivity index (χ0n) is 10.1. The lowest BCUT2D eigenvalue weighted by molar-refractivity contribution is -0.140. The van der Waals surface area contributed by atoms with Crippen LogP contribution in [0.15, 0.2) is 11.6 Å². The van der Waals surface area contributed by atoms with Gasteiger partial charge >= 0.3 is 11.9 Å². The minimum atomic E-state index is -0.905. The number of carbonyl (C=O) groups excluding carboxylic acids is 1. The maximum absolute atomic E-state index is 11.4. The van der Waals surface area contributed by atoms with Crippen molar-refractivity contribution in [2.75, 3.05) is 6.61 Å². The van der Waals surface area contributed by atoms with E-state index in [1.807, 2.05) is 0 Å². The highest BCUT2D eigenvalue weighted by molar-refractivity contribution is 5.93. The number of esters is 1. The standard InChI is InChI=1S/C12H15NO4/c1-4-17-11(16)7(6-13)5-8-9(10(14)15)12(8,2)3/h5,8-9H,4H2,1-3H3,(H,14,15)/t8?,9-/m0/s1. The molecule has 0 heterocycles. The van der Waals surface area contributed by atoms with Crippen molar-refractivity contribution < 1.29 is 19.4 Å². The Bertz CT molecular complexity index is 417. The summed E-state index contributed by atoms with van der Waals surface area (Å²) in [7, 11) is 0. The number of carbonyl (C=O) groups is 2. The van der Waals surface area contributed by atoms with Gasteiger partial charge in [0, 0.05) is 0 Å². The van der Waals surface area contributed by atoms with E-state index >= 15 is 0 Å². The first-order valence-corrected chi connectivity index (χ1v) is 5.38. The van der Waals surface area contributed by atoms with E-state index in [2.05, 4.69) is 0 Å². The molecule has 0 aromatic carbocycles. The average molecular weight is 237 g/mol. The fourth-order valence-electron chi connectivity index (χ4n) is 2.00. The molecule has 0 bridgehead atoms. The minimum absolute atomic E-state index is 0.117. The summed E-state index contributed by atoms with van der Waals surface area (Å²) in [5, 5.41) is 17.8. The molecule has 1 aliphatic carbocycles. The van der Waals surface area contributed by atoms with E-state index in [9.17, 15) is 9.59 Å². The molecular formula is C12H15NO4. The predicted molar refractivity (Wildman–Crippen MR) is 58.7 cm³/mol. The molecule has 1 unspecified atom stereocenters. The summed E-state index contributed by atoms with van der Waals surface area (Å²) in [5.41, 5.74) is -0.533. The summed E-state index contributed by atoms with van der Waals surface area (Å²) in [6.45, 7) is 5.43. The number of carboxylic acids is 1. The second-order valence-electron chi connectivity index (χ2n) is 4.58. The number of carboxylic acid groups (broad SMARTS) is 1. The van der Waals surface area contributed by atoms with Crippen LogP contribution in [-0.2, 0) is 14.3 Å². The second kappa shape index (κ2) is 4.58. The quantitative estimate of drug-likeness (QED) is 0.453. The fourth-order valence-corrected chi connectivity index (χ4v) is 2.00. The highest BCUT2D eigenvalue weighted by atomic mass is 16.5. The number of nitrogens with zero attached hydrogens (tertiary/aromatic N) is 1. The summed E-state index contributed by atoms with van der Waals surface area (Å²) in [6, 6.07) is 1.75. The van der Waals surface area contributed by atoms with Gasteiger partial charge in [0.2, 0.25) is 0 Å². The third kappa shape index (κ3) is 2.47. The van der Waals surface area contributed by atoms with Gasteiger partial charge in [0.1, 0.15) is 11.6 Å². The van der Waals surface area contributed by atoms with Gasteiger partial charge in [0.05, 0.1) is 12.5 Å². The highest BCUT2D eigenvalue weighted by Gasteiger charge is 2.61. The summed E-state index contributed by atoms with van der Waals surface area (Å²) in [6.07, 6.45) is 1.41. The average Bonchev–Trinajstić information content (AvgIpc) is 2.77. The Morgan fingerprint density at radius 1 is 1.53 bits per heavy atom.